The van der Waals surface area contributed by atoms with Crippen LogP contribution in [0.1, 0.15) is 23.9 Å². The molecule has 0 radical (unpaired) electrons. The summed E-state index contributed by atoms with van der Waals surface area (Å²) in [5, 5.41) is 7.60. The van der Waals surface area contributed by atoms with E-state index in [1.54, 1.807) is 4.52 Å². The van der Waals surface area contributed by atoms with Gasteiger partial charge in [0.05, 0.1) is 5.25 Å². The summed E-state index contributed by atoms with van der Waals surface area (Å²) in [5.74, 6) is 0.482. The van der Waals surface area contributed by atoms with Gasteiger partial charge in [0, 0.05) is 17.1 Å². The lowest BCUT2D eigenvalue weighted by atomic mass is 10.2. The van der Waals surface area contributed by atoms with Crippen molar-refractivity contribution in [3.05, 3.63) is 47.3 Å². The van der Waals surface area contributed by atoms with Gasteiger partial charge >= 0.3 is 0 Å². The monoisotopic (exact) mass is 341 g/mol. The van der Waals surface area contributed by atoms with E-state index in [1.165, 1.54) is 11.8 Å². The summed E-state index contributed by atoms with van der Waals surface area (Å²) in [6, 6.07) is 9.66. The quantitative estimate of drug-likeness (QED) is 0.738. The SMILES string of the molecule is Cc1cc(C)n2nc(SC(C)C(=O)Nc3ccccc3C)nc2n1. The number of nitrogens with one attached hydrogen (secondary N) is 1. The number of amides is 1. The molecule has 24 heavy (non-hydrogen) atoms. The van der Waals surface area contributed by atoms with Gasteiger partial charge < -0.3 is 5.32 Å². The maximum atomic E-state index is 12.4. The summed E-state index contributed by atoms with van der Waals surface area (Å²) in [6.45, 7) is 7.69. The second kappa shape index (κ2) is 6.60. The molecule has 0 fully saturated rings. The van der Waals surface area contributed by atoms with Gasteiger partial charge in [-0.15, -0.1) is 5.10 Å². The van der Waals surface area contributed by atoms with E-state index in [4.69, 9.17) is 0 Å². The lowest BCUT2D eigenvalue weighted by molar-refractivity contribution is -0.115. The van der Waals surface area contributed by atoms with Gasteiger partial charge in [-0.25, -0.2) is 9.50 Å². The molecule has 0 saturated carbocycles. The average Bonchev–Trinajstić information content (AvgIpc) is 2.92. The third-order valence-electron chi connectivity index (χ3n) is 3.65. The van der Waals surface area contributed by atoms with Crippen molar-refractivity contribution in [2.45, 2.75) is 38.1 Å². The van der Waals surface area contributed by atoms with Crippen LogP contribution < -0.4 is 5.32 Å². The third kappa shape index (κ3) is 3.41. The van der Waals surface area contributed by atoms with Gasteiger partial charge in [0.2, 0.25) is 11.1 Å². The van der Waals surface area contributed by atoms with Gasteiger partial charge in [0.25, 0.3) is 5.78 Å². The molecular weight excluding hydrogens is 322 g/mol. The number of aryl methyl sites for hydroxylation is 3. The molecule has 0 saturated heterocycles. The molecule has 2 heterocycles. The molecule has 6 nitrogen and oxygen atoms in total. The standard InChI is InChI=1S/C17H19N5OS/c1-10-7-5-6-8-14(10)19-15(23)13(4)24-17-20-16-18-11(2)9-12(3)22(16)21-17/h5-9,13H,1-4H3,(H,19,23). The highest BCUT2D eigenvalue weighted by molar-refractivity contribution is 8.00. The molecule has 7 heteroatoms. The van der Waals surface area contributed by atoms with Crippen molar-refractivity contribution in [1.29, 1.82) is 0 Å². The number of hydrogen-bond donors (Lipinski definition) is 1. The maximum Gasteiger partial charge on any atom is 0.253 e. The fourth-order valence-corrected chi connectivity index (χ4v) is 3.10. The molecular formula is C17H19N5OS. The molecule has 0 spiro atoms. The van der Waals surface area contributed by atoms with Gasteiger partial charge in [0.1, 0.15) is 0 Å². The van der Waals surface area contributed by atoms with Crippen molar-refractivity contribution in [2.24, 2.45) is 0 Å². The largest absolute Gasteiger partial charge is 0.325 e. The van der Waals surface area contributed by atoms with Crippen molar-refractivity contribution >= 4 is 29.1 Å². The summed E-state index contributed by atoms with van der Waals surface area (Å²) < 4.78 is 1.70. The highest BCUT2D eigenvalue weighted by Crippen LogP contribution is 2.22. The number of rotatable bonds is 4. The Bertz CT molecular complexity index is 905. The van der Waals surface area contributed by atoms with E-state index < -0.39 is 0 Å². The molecule has 3 rings (SSSR count). The molecule has 1 unspecified atom stereocenters. The molecule has 1 aromatic carbocycles. The predicted molar refractivity (Wildman–Crippen MR) is 95.4 cm³/mol. The van der Waals surface area contributed by atoms with E-state index in [-0.39, 0.29) is 11.2 Å². The van der Waals surface area contributed by atoms with Crippen molar-refractivity contribution in [3.8, 4) is 0 Å². The first-order valence-corrected chi connectivity index (χ1v) is 8.56. The first-order valence-electron chi connectivity index (χ1n) is 7.68. The summed E-state index contributed by atoms with van der Waals surface area (Å²) in [6.07, 6.45) is 0. The van der Waals surface area contributed by atoms with Gasteiger partial charge in [-0.2, -0.15) is 4.98 Å². The van der Waals surface area contributed by atoms with Crippen LogP contribution >= 0.6 is 11.8 Å². The Morgan fingerprint density at radius 1 is 1.21 bits per heavy atom. The zero-order chi connectivity index (χ0) is 17.3. The van der Waals surface area contributed by atoms with Crippen LogP contribution in [-0.2, 0) is 4.79 Å². The zero-order valence-corrected chi connectivity index (χ0v) is 14.9. The fraction of sp³-hybridized carbons (Fsp3) is 0.294. The second-order valence-electron chi connectivity index (χ2n) is 5.71. The van der Waals surface area contributed by atoms with Crippen molar-refractivity contribution in [1.82, 2.24) is 19.6 Å². The fourth-order valence-electron chi connectivity index (χ4n) is 2.36. The molecule has 1 amide bonds. The Kier molecular flexibility index (Phi) is 4.53. The van der Waals surface area contributed by atoms with Crippen molar-refractivity contribution < 1.29 is 4.79 Å². The Hall–Kier alpha value is -2.41. The topological polar surface area (TPSA) is 72.2 Å². The van der Waals surface area contributed by atoms with E-state index in [2.05, 4.69) is 20.4 Å². The maximum absolute atomic E-state index is 12.4. The summed E-state index contributed by atoms with van der Waals surface area (Å²) in [5.41, 5.74) is 3.72. The number of para-hydroxylation sites is 1. The number of thioether (sulfide) groups is 1. The Balaban J connectivity index is 1.74. The third-order valence-corrected chi connectivity index (χ3v) is 4.60. The molecule has 1 atom stereocenters. The number of benzene rings is 1. The van der Waals surface area contributed by atoms with Crippen LogP contribution in [0.15, 0.2) is 35.5 Å². The molecule has 2 aromatic heterocycles. The number of fused-ring (bicyclic) bond motifs is 1. The molecule has 0 bridgehead atoms. The van der Waals surface area contributed by atoms with Crippen LogP contribution in [0.3, 0.4) is 0 Å². The van der Waals surface area contributed by atoms with Gasteiger partial charge in [-0.1, -0.05) is 30.0 Å². The second-order valence-corrected chi connectivity index (χ2v) is 7.02. The molecule has 1 N–H and O–H groups in total. The van der Waals surface area contributed by atoms with Crippen LogP contribution in [0.25, 0.3) is 5.78 Å². The Morgan fingerprint density at radius 2 is 1.96 bits per heavy atom. The van der Waals surface area contributed by atoms with E-state index in [9.17, 15) is 4.79 Å². The number of carbonyl (C=O) groups is 1. The van der Waals surface area contributed by atoms with E-state index in [0.717, 1.165) is 22.6 Å². The minimum atomic E-state index is -0.316. The number of aromatic nitrogens is 4. The van der Waals surface area contributed by atoms with Gasteiger partial charge in [-0.05, 0) is 45.4 Å². The van der Waals surface area contributed by atoms with Crippen LogP contribution in [-0.4, -0.2) is 30.7 Å². The normalized spacial score (nSPS) is 12.3. The van der Waals surface area contributed by atoms with E-state index in [0.29, 0.717) is 10.9 Å². The first kappa shape index (κ1) is 16.4. The smallest absolute Gasteiger partial charge is 0.253 e. The predicted octanol–water partition coefficient (Wildman–Crippen LogP) is 3.17. The van der Waals surface area contributed by atoms with Gasteiger partial charge in [-0.3, -0.25) is 4.79 Å². The van der Waals surface area contributed by atoms with Crippen LogP contribution in [0.4, 0.5) is 5.69 Å². The van der Waals surface area contributed by atoms with Crippen LogP contribution in [0.2, 0.25) is 0 Å². The summed E-state index contributed by atoms with van der Waals surface area (Å²) in [4.78, 5) is 21.2. The Morgan fingerprint density at radius 3 is 2.71 bits per heavy atom. The van der Waals surface area contributed by atoms with E-state index >= 15 is 0 Å². The highest BCUT2D eigenvalue weighted by atomic mass is 32.2. The minimum Gasteiger partial charge on any atom is -0.325 e. The average molecular weight is 341 g/mol. The first-order chi connectivity index (χ1) is 11.4. The molecule has 0 aliphatic carbocycles. The number of anilines is 1. The zero-order valence-electron chi connectivity index (χ0n) is 14.1. The lowest BCUT2D eigenvalue weighted by Gasteiger charge is -2.11. The minimum absolute atomic E-state index is 0.0750. The van der Waals surface area contributed by atoms with Crippen molar-refractivity contribution in [3.63, 3.8) is 0 Å². The van der Waals surface area contributed by atoms with Crippen molar-refractivity contribution in [2.75, 3.05) is 5.32 Å². The number of hydrogen-bond acceptors (Lipinski definition) is 5. The van der Waals surface area contributed by atoms with Crippen LogP contribution in [0.5, 0.6) is 0 Å². The molecule has 124 valence electrons. The highest BCUT2D eigenvalue weighted by Gasteiger charge is 2.18. The lowest BCUT2D eigenvalue weighted by Crippen LogP contribution is -2.22. The van der Waals surface area contributed by atoms with Crippen LogP contribution in [0, 0.1) is 20.8 Å². The van der Waals surface area contributed by atoms with Gasteiger partial charge in [0.15, 0.2) is 0 Å². The molecule has 0 aliphatic rings. The molecule has 0 aliphatic heterocycles. The summed E-state index contributed by atoms with van der Waals surface area (Å²) in [7, 11) is 0. The molecule has 3 aromatic rings. The number of nitrogens with zero attached hydrogens (tertiary/aromatic N) is 4. The number of carbonyl (C=O) groups excluding carboxylic acids is 1. The van der Waals surface area contributed by atoms with E-state index in [1.807, 2.05) is 58.0 Å². The Labute approximate surface area is 144 Å². The summed E-state index contributed by atoms with van der Waals surface area (Å²) >= 11 is 1.32.